The highest BCUT2D eigenvalue weighted by atomic mass is 16.5. The van der Waals surface area contributed by atoms with Gasteiger partial charge < -0.3 is 15.0 Å². The van der Waals surface area contributed by atoms with Crippen molar-refractivity contribution in [1.82, 2.24) is 15.1 Å². The summed E-state index contributed by atoms with van der Waals surface area (Å²) < 4.78 is 5.84. The Morgan fingerprint density at radius 2 is 2.14 bits per heavy atom. The normalized spacial score (nSPS) is 25.8. The minimum absolute atomic E-state index is 0.0132. The number of ether oxygens (including phenoxy) is 1. The van der Waals surface area contributed by atoms with Crippen molar-refractivity contribution in [3.63, 3.8) is 0 Å². The van der Waals surface area contributed by atoms with Gasteiger partial charge in [0.05, 0.1) is 18.6 Å². The van der Waals surface area contributed by atoms with Crippen LogP contribution in [0, 0.1) is 28.6 Å². The maximum atomic E-state index is 13.0. The summed E-state index contributed by atoms with van der Waals surface area (Å²) in [5.41, 5.74) is 0.597. The fraction of sp³-hybridized carbons (Fsp3) is 0.714. The second-order valence-electron chi connectivity index (χ2n) is 9.00. The third-order valence-electron chi connectivity index (χ3n) is 5.98. The summed E-state index contributed by atoms with van der Waals surface area (Å²) in [6.45, 7) is 9.70. The minimum atomic E-state index is -0.0509. The molecule has 2 saturated heterocycles. The SMILES string of the molecule is CC(C)(C)C1CCCN(C(=O)[C@@H]2CO[C@H](CNc3ccc(C#N)nn3)C2)CC1. The first-order valence-corrected chi connectivity index (χ1v) is 10.2. The van der Waals surface area contributed by atoms with Crippen LogP contribution in [0.1, 0.15) is 52.1 Å². The van der Waals surface area contributed by atoms with E-state index in [9.17, 15) is 4.79 Å². The summed E-state index contributed by atoms with van der Waals surface area (Å²) in [5, 5.41) is 19.7. The standard InChI is InChI=1S/C21H31N5O2/c1-21(2,3)16-5-4-9-26(10-8-16)20(27)15-11-18(28-14-15)13-23-19-7-6-17(12-22)24-25-19/h6-7,15-16,18H,4-5,8-11,13-14H2,1-3H3,(H,23,25)/t15-,16?,18-/m0/s1. The third-order valence-corrected chi connectivity index (χ3v) is 5.98. The van der Waals surface area contributed by atoms with Crippen LogP contribution in [-0.2, 0) is 9.53 Å². The highest BCUT2D eigenvalue weighted by molar-refractivity contribution is 5.79. The van der Waals surface area contributed by atoms with Crippen molar-refractivity contribution in [2.45, 2.75) is 52.6 Å². The summed E-state index contributed by atoms with van der Waals surface area (Å²) in [6.07, 6.45) is 4.09. The zero-order valence-electron chi connectivity index (χ0n) is 17.1. The molecule has 3 heterocycles. The summed E-state index contributed by atoms with van der Waals surface area (Å²) in [5.74, 6) is 1.48. The largest absolute Gasteiger partial charge is 0.376 e. The van der Waals surface area contributed by atoms with Crippen LogP contribution < -0.4 is 5.32 Å². The van der Waals surface area contributed by atoms with Gasteiger partial charge in [-0.15, -0.1) is 10.2 Å². The van der Waals surface area contributed by atoms with Gasteiger partial charge in [0.1, 0.15) is 11.9 Å². The zero-order chi connectivity index (χ0) is 20.1. The number of likely N-dealkylation sites (tertiary alicyclic amines) is 1. The van der Waals surface area contributed by atoms with Gasteiger partial charge in [-0.1, -0.05) is 20.8 Å². The molecule has 0 saturated carbocycles. The van der Waals surface area contributed by atoms with E-state index >= 15 is 0 Å². The predicted molar refractivity (Wildman–Crippen MR) is 106 cm³/mol. The van der Waals surface area contributed by atoms with Crippen LogP contribution in [0.2, 0.25) is 0 Å². The second kappa shape index (κ2) is 8.87. The first kappa shape index (κ1) is 20.5. The number of carbonyl (C=O) groups excluding carboxylic acids is 1. The van der Waals surface area contributed by atoms with Gasteiger partial charge in [-0.3, -0.25) is 4.79 Å². The molecule has 2 aliphatic rings. The Morgan fingerprint density at radius 3 is 2.82 bits per heavy atom. The highest BCUT2D eigenvalue weighted by Crippen LogP contribution is 2.35. The van der Waals surface area contributed by atoms with Gasteiger partial charge in [-0.2, -0.15) is 5.26 Å². The first-order chi connectivity index (χ1) is 13.4. The number of carbonyl (C=O) groups is 1. The number of nitrogens with one attached hydrogen (secondary N) is 1. The number of aromatic nitrogens is 2. The number of nitrogens with zero attached hydrogens (tertiary/aromatic N) is 4. The van der Waals surface area contributed by atoms with Crippen molar-refractivity contribution in [3.05, 3.63) is 17.8 Å². The maximum absolute atomic E-state index is 13.0. The molecule has 1 amide bonds. The van der Waals surface area contributed by atoms with Gasteiger partial charge >= 0.3 is 0 Å². The Bertz CT molecular complexity index is 707. The van der Waals surface area contributed by atoms with Crippen LogP contribution in [0.25, 0.3) is 0 Å². The average Bonchev–Trinajstić information content (AvgIpc) is 3.00. The number of hydrogen-bond acceptors (Lipinski definition) is 6. The van der Waals surface area contributed by atoms with E-state index in [4.69, 9.17) is 10.00 Å². The topological polar surface area (TPSA) is 91.1 Å². The molecular formula is C21H31N5O2. The molecule has 1 aromatic heterocycles. The summed E-state index contributed by atoms with van der Waals surface area (Å²) in [7, 11) is 0. The van der Waals surface area contributed by atoms with Gasteiger partial charge in [0, 0.05) is 19.6 Å². The van der Waals surface area contributed by atoms with E-state index in [0.717, 1.165) is 32.4 Å². The van der Waals surface area contributed by atoms with Crippen LogP contribution in [0.5, 0.6) is 0 Å². The second-order valence-corrected chi connectivity index (χ2v) is 9.00. The number of nitriles is 1. The predicted octanol–water partition coefficient (Wildman–Crippen LogP) is 2.84. The highest BCUT2D eigenvalue weighted by Gasteiger charge is 2.35. The summed E-state index contributed by atoms with van der Waals surface area (Å²) in [4.78, 5) is 15.0. The smallest absolute Gasteiger partial charge is 0.228 e. The molecule has 3 rings (SSSR count). The lowest BCUT2D eigenvalue weighted by Gasteiger charge is -2.30. The summed E-state index contributed by atoms with van der Waals surface area (Å²) in [6, 6.07) is 5.30. The Balaban J connectivity index is 1.46. The van der Waals surface area contributed by atoms with Gasteiger partial charge in [0.25, 0.3) is 0 Å². The number of amides is 1. The van der Waals surface area contributed by atoms with Gasteiger partial charge in [-0.25, -0.2) is 0 Å². The molecule has 1 N–H and O–H groups in total. The lowest BCUT2D eigenvalue weighted by atomic mass is 9.77. The van der Waals surface area contributed by atoms with Gasteiger partial charge in [0.15, 0.2) is 5.69 Å². The molecule has 1 unspecified atom stereocenters. The molecule has 7 heteroatoms. The molecule has 152 valence electrons. The van der Waals surface area contributed by atoms with E-state index in [1.807, 2.05) is 6.07 Å². The fourth-order valence-corrected chi connectivity index (χ4v) is 4.17. The third kappa shape index (κ3) is 5.20. The van der Waals surface area contributed by atoms with E-state index in [1.54, 1.807) is 12.1 Å². The van der Waals surface area contributed by atoms with Gasteiger partial charge in [-0.05, 0) is 49.1 Å². The molecule has 2 fully saturated rings. The molecular weight excluding hydrogens is 354 g/mol. The Labute approximate surface area is 167 Å². The summed E-state index contributed by atoms with van der Waals surface area (Å²) >= 11 is 0. The Kier molecular flexibility index (Phi) is 6.50. The molecule has 0 spiro atoms. The molecule has 3 atom stereocenters. The molecule has 0 bridgehead atoms. The van der Waals surface area contributed by atoms with Crippen LogP contribution in [0.3, 0.4) is 0 Å². The van der Waals surface area contributed by atoms with Crippen LogP contribution in [0.4, 0.5) is 5.82 Å². The van der Waals surface area contributed by atoms with Crippen LogP contribution in [-0.4, -0.2) is 53.3 Å². The lowest BCUT2D eigenvalue weighted by Crippen LogP contribution is -2.37. The average molecular weight is 386 g/mol. The van der Waals surface area contributed by atoms with Crippen LogP contribution in [0.15, 0.2) is 12.1 Å². The van der Waals surface area contributed by atoms with Crippen molar-refractivity contribution >= 4 is 11.7 Å². The number of hydrogen-bond donors (Lipinski definition) is 1. The van der Waals surface area contributed by atoms with Crippen molar-refractivity contribution in [1.29, 1.82) is 5.26 Å². The van der Waals surface area contributed by atoms with E-state index in [1.165, 1.54) is 6.42 Å². The minimum Gasteiger partial charge on any atom is -0.376 e. The quantitative estimate of drug-likeness (QED) is 0.857. The Morgan fingerprint density at radius 1 is 1.32 bits per heavy atom. The first-order valence-electron chi connectivity index (χ1n) is 10.2. The van der Waals surface area contributed by atoms with Crippen LogP contribution >= 0.6 is 0 Å². The maximum Gasteiger partial charge on any atom is 0.228 e. The molecule has 0 aromatic carbocycles. The number of anilines is 1. The van der Waals surface area contributed by atoms with Crippen molar-refractivity contribution in [3.8, 4) is 6.07 Å². The lowest BCUT2D eigenvalue weighted by molar-refractivity contribution is -0.135. The van der Waals surface area contributed by atoms with Crippen molar-refractivity contribution < 1.29 is 9.53 Å². The molecule has 0 radical (unpaired) electrons. The van der Waals surface area contributed by atoms with Gasteiger partial charge in [0.2, 0.25) is 5.91 Å². The van der Waals surface area contributed by atoms with E-state index in [2.05, 4.69) is 41.2 Å². The Hall–Kier alpha value is -2.20. The van der Waals surface area contributed by atoms with E-state index in [0.29, 0.717) is 36.0 Å². The molecule has 0 aliphatic carbocycles. The van der Waals surface area contributed by atoms with E-state index < -0.39 is 0 Å². The molecule has 7 nitrogen and oxygen atoms in total. The zero-order valence-corrected chi connectivity index (χ0v) is 17.1. The van der Waals surface area contributed by atoms with E-state index in [-0.39, 0.29) is 17.9 Å². The number of rotatable bonds is 4. The molecule has 28 heavy (non-hydrogen) atoms. The monoisotopic (exact) mass is 385 g/mol. The molecule has 2 aliphatic heterocycles. The molecule has 1 aromatic rings. The fourth-order valence-electron chi connectivity index (χ4n) is 4.17. The van der Waals surface area contributed by atoms with Crippen molar-refractivity contribution in [2.75, 3.05) is 31.6 Å². The van der Waals surface area contributed by atoms with Crippen molar-refractivity contribution in [2.24, 2.45) is 17.3 Å².